The fourth-order valence-electron chi connectivity index (χ4n) is 2.37. The van der Waals surface area contributed by atoms with Gasteiger partial charge in [0.1, 0.15) is 0 Å². The number of halogens is 4. The van der Waals surface area contributed by atoms with Gasteiger partial charge in [-0.05, 0) is 35.4 Å². The van der Waals surface area contributed by atoms with Gasteiger partial charge in [0.15, 0.2) is 5.96 Å². The average molecular weight is 506 g/mol. The van der Waals surface area contributed by atoms with Gasteiger partial charge in [-0.3, -0.25) is 9.79 Å². The van der Waals surface area contributed by atoms with Crippen LogP contribution in [0.15, 0.2) is 53.5 Å². The van der Waals surface area contributed by atoms with E-state index in [1.54, 1.807) is 32.3 Å². The number of amides is 1. The molecule has 0 aliphatic rings. The van der Waals surface area contributed by atoms with Crippen LogP contribution in [0.1, 0.15) is 27.0 Å². The van der Waals surface area contributed by atoms with Crippen LogP contribution in [0.2, 0.25) is 0 Å². The van der Waals surface area contributed by atoms with Gasteiger partial charge in [-0.25, -0.2) is 0 Å². The first-order valence-electron chi connectivity index (χ1n) is 8.25. The minimum Gasteiger partial charge on any atom is -0.355 e. The van der Waals surface area contributed by atoms with Crippen LogP contribution < -0.4 is 16.0 Å². The Morgan fingerprint density at radius 3 is 2.14 bits per heavy atom. The van der Waals surface area contributed by atoms with Crippen molar-refractivity contribution in [3.05, 3.63) is 70.8 Å². The van der Waals surface area contributed by atoms with Gasteiger partial charge in [0.25, 0.3) is 5.91 Å². The molecule has 0 aliphatic heterocycles. The molecule has 2 aromatic carbocycles. The summed E-state index contributed by atoms with van der Waals surface area (Å²) in [5.74, 6) is 0.335. The number of guanidine groups is 1. The molecular weight excluding hydrogens is 484 g/mol. The minimum absolute atomic E-state index is 0. The Hall–Kier alpha value is -2.30. The predicted octanol–water partition coefficient (Wildman–Crippen LogP) is 3.55. The van der Waals surface area contributed by atoms with E-state index in [1.807, 2.05) is 6.07 Å². The van der Waals surface area contributed by atoms with E-state index < -0.39 is 11.7 Å². The smallest absolute Gasteiger partial charge is 0.355 e. The SMILES string of the molecule is CN=C(NCc1ccc(C(F)(F)F)cc1)NCc1cccc(C(=O)NC)c1.I. The Balaban J connectivity index is 0.00000392. The number of carbonyl (C=O) groups excluding carboxylic acids is 1. The fourth-order valence-corrected chi connectivity index (χ4v) is 2.37. The van der Waals surface area contributed by atoms with Gasteiger partial charge in [-0.1, -0.05) is 24.3 Å². The predicted molar refractivity (Wildman–Crippen MR) is 114 cm³/mol. The second-order valence-electron chi connectivity index (χ2n) is 5.75. The molecule has 1 amide bonds. The number of nitrogens with one attached hydrogen (secondary N) is 3. The molecule has 9 heteroatoms. The molecule has 0 saturated heterocycles. The molecule has 28 heavy (non-hydrogen) atoms. The zero-order valence-corrected chi connectivity index (χ0v) is 17.8. The summed E-state index contributed by atoms with van der Waals surface area (Å²) in [6, 6.07) is 12.1. The molecule has 0 fully saturated rings. The molecule has 2 aromatic rings. The van der Waals surface area contributed by atoms with E-state index in [0.717, 1.165) is 17.7 Å². The lowest BCUT2D eigenvalue weighted by Crippen LogP contribution is -2.36. The molecule has 5 nitrogen and oxygen atoms in total. The Kier molecular flexibility index (Phi) is 9.23. The standard InChI is InChI=1S/C19H21F3N4O.HI/c1-23-17(27)15-5-3-4-14(10-15)12-26-18(24-2)25-11-13-6-8-16(9-7-13)19(20,21)22;/h3-10H,11-12H2,1-2H3,(H,23,27)(H2,24,25,26);1H. The van der Waals surface area contributed by atoms with Gasteiger partial charge in [0.05, 0.1) is 5.56 Å². The van der Waals surface area contributed by atoms with Crippen molar-refractivity contribution in [2.45, 2.75) is 19.3 Å². The second-order valence-corrected chi connectivity index (χ2v) is 5.75. The summed E-state index contributed by atoms with van der Waals surface area (Å²) < 4.78 is 37.7. The minimum atomic E-state index is -4.34. The summed E-state index contributed by atoms with van der Waals surface area (Å²) in [6.45, 7) is 0.771. The van der Waals surface area contributed by atoms with Gasteiger partial charge >= 0.3 is 6.18 Å². The maximum Gasteiger partial charge on any atom is 0.416 e. The summed E-state index contributed by atoms with van der Waals surface area (Å²) >= 11 is 0. The number of carbonyl (C=O) groups is 1. The van der Waals surface area contributed by atoms with Crippen LogP contribution in [-0.2, 0) is 19.3 Å². The average Bonchev–Trinajstić information content (AvgIpc) is 2.67. The summed E-state index contributed by atoms with van der Waals surface area (Å²) in [4.78, 5) is 15.8. The zero-order valence-electron chi connectivity index (χ0n) is 15.4. The van der Waals surface area contributed by atoms with Crippen LogP contribution >= 0.6 is 24.0 Å². The third-order valence-corrected chi connectivity index (χ3v) is 3.84. The van der Waals surface area contributed by atoms with Crippen LogP contribution in [0.25, 0.3) is 0 Å². The molecule has 0 heterocycles. The fraction of sp³-hybridized carbons (Fsp3) is 0.263. The lowest BCUT2D eigenvalue weighted by molar-refractivity contribution is -0.137. The first-order chi connectivity index (χ1) is 12.8. The van der Waals surface area contributed by atoms with E-state index in [9.17, 15) is 18.0 Å². The second kappa shape index (κ2) is 10.9. The Morgan fingerprint density at radius 2 is 1.61 bits per heavy atom. The summed E-state index contributed by atoms with van der Waals surface area (Å²) in [5, 5.41) is 8.71. The topological polar surface area (TPSA) is 65.5 Å². The van der Waals surface area contributed by atoms with Gasteiger partial charge < -0.3 is 16.0 Å². The third-order valence-electron chi connectivity index (χ3n) is 3.84. The molecule has 2 rings (SSSR count). The molecule has 0 atom stereocenters. The molecule has 0 radical (unpaired) electrons. The van der Waals surface area contributed by atoms with Crippen LogP contribution in [0, 0.1) is 0 Å². The number of alkyl halides is 3. The number of nitrogens with zero attached hydrogens (tertiary/aromatic N) is 1. The first-order valence-corrected chi connectivity index (χ1v) is 8.25. The van der Waals surface area contributed by atoms with Crippen molar-refractivity contribution in [3.8, 4) is 0 Å². The Bertz CT molecular complexity index is 808. The van der Waals surface area contributed by atoms with Crippen LogP contribution in [0.3, 0.4) is 0 Å². The monoisotopic (exact) mass is 506 g/mol. The quantitative estimate of drug-likeness (QED) is 0.330. The van der Waals surface area contributed by atoms with Gasteiger partial charge in [0.2, 0.25) is 0 Å². The lowest BCUT2D eigenvalue weighted by Gasteiger charge is -2.13. The van der Waals surface area contributed by atoms with E-state index in [4.69, 9.17) is 0 Å². The normalized spacial score (nSPS) is 11.4. The highest BCUT2D eigenvalue weighted by Gasteiger charge is 2.29. The number of rotatable bonds is 5. The van der Waals surface area contributed by atoms with Gasteiger partial charge in [-0.15, -0.1) is 24.0 Å². The van der Waals surface area contributed by atoms with Crippen LogP contribution in [-0.4, -0.2) is 26.0 Å². The molecule has 0 unspecified atom stereocenters. The molecule has 0 saturated carbocycles. The van der Waals surface area contributed by atoms with Gasteiger partial charge in [-0.2, -0.15) is 13.2 Å². The molecule has 3 N–H and O–H groups in total. The van der Waals surface area contributed by atoms with E-state index in [-0.39, 0.29) is 29.9 Å². The maximum atomic E-state index is 12.6. The zero-order chi connectivity index (χ0) is 19.9. The number of hydrogen-bond acceptors (Lipinski definition) is 2. The van der Waals surface area contributed by atoms with Crippen molar-refractivity contribution in [2.75, 3.05) is 14.1 Å². The molecule has 0 aromatic heterocycles. The largest absolute Gasteiger partial charge is 0.416 e. The van der Waals surface area contributed by atoms with E-state index in [0.29, 0.717) is 30.2 Å². The molecule has 152 valence electrons. The van der Waals surface area contributed by atoms with Gasteiger partial charge in [0, 0.05) is 32.7 Å². The van der Waals surface area contributed by atoms with Crippen molar-refractivity contribution in [1.29, 1.82) is 0 Å². The van der Waals surface area contributed by atoms with Crippen molar-refractivity contribution in [1.82, 2.24) is 16.0 Å². The summed E-state index contributed by atoms with van der Waals surface area (Å²) in [6.07, 6.45) is -4.34. The van der Waals surface area contributed by atoms with E-state index in [1.165, 1.54) is 12.1 Å². The van der Waals surface area contributed by atoms with E-state index in [2.05, 4.69) is 20.9 Å². The maximum absolute atomic E-state index is 12.6. The van der Waals surface area contributed by atoms with Crippen molar-refractivity contribution < 1.29 is 18.0 Å². The highest BCUT2D eigenvalue weighted by molar-refractivity contribution is 14.0. The first kappa shape index (κ1) is 23.7. The Morgan fingerprint density at radius 1 is 1.00 bits per heavy atom. The van der Waals surface area contributed by atoms with Crippen molar-refractivity contribution >= 4 is 35.8 Å². The van der Waals surface area contributed by atoms with Crippen molar-refractivity contribution in [3.63, 3.8) is 0 Å². The highest BCUT2D eigenvalue weighted by Crippen LogP contribution is 2.29. The lowest BCUT2D eigenvalue weighted by atomic mass is 10.1. The van der Waals surface area contributed by atoms with Crippen LogP contribution in [0.4, 0.5) is 13.2 Å². The third kappa shape index (κ3) is 7.02. The van der Waals surface area contributed by atoms with Crippen LogP contribution in [0.5, 0.6) is 0 Å². The molecular formula is C19H22F3IN4O. The molecule has 0 bridgehead atoms. The summed E-state index contributed by atoms with van der Waals surface area (Å²) in [7, 11) is 3.17. The number of aliphatic imine (C=N–C) groups is 1. The molecule has 0 aliphatic carbocycles. The van der Waals surface area contributed by atoms with Crippen molar-refractivity contribution in [2.24, 2.45) is 4.99 Å². The molecule has 0 spiro atoms. The Labute approximate surface area is 178 Å². The van der Waals surface area contributed by atoms with E-state index >= 15 is 0 Å². The number of hydrogen-bond donors (Lipinski definition) is 3. The number of benzene rings is 2. The summed E-state index contributed by atoms with van der Waals surface area (Å²) in [5.41, 5.74) is 1.48. The highest BCUT2D eigenvalue weighted by atomic mass is 127.